The normalized spacial score (nSPS) is 14.5. The zero-order chi connectivity index (χ0) is 58.7. The van der Waals surface area contributed by atoms with Crippen molar-refractivity contribution >= 4 is 68.8 Å². The van der Waals surface area contributed by atoms with Crippen molar-refractivity contribution in [3.63, 3.8) is 0 Å². The summed E-state index contributed by atoms with van der Waals surface area (Å²) in [6.07, 6.45) is 1.91. The summed E-state index contributed by atoms with van der Waals surface area (Å²) < 4.78 is 52.0. The summed E-state index contributed by atoms with van der Waals surface area (Å²) in [5, 5.41) is 5.18. The van der Waals surface area contributed by atoms with Crippen LogP contribution in [0.25, 0.3) is 44.5 Å². The van der Waals surface area contributed by atoms with E-state index in [4.69, 9.17) is 13.8 Å². The van der Waals surface area contributed by atoms with Crippen LogP contribution in [0.1, 0.15) is 59.5 Å². The Morgan fingerprint density at radius 2 is 1.05 bits per heavy atom. The van der Waals surface area contributed by atoms with Crippen molar-refractivity contribution in [3.8, 4) is 56.0 Å². The molecule has 0 amide bonds. The number of nitrogens with zero attached hydrogens (tertiary/aromatic N) is 4. The Kier molecular flexibility index (Phi) is 11.5. The van der Waals surface area contributed by atoms with Gasteiger partial charge in [-0.05, 0) is 107 Å². The third-order valence-corrected chi connectivity index (χ3v) is 20.9. The first-order valence-electron chi connectivity index (χ1n) is 29.8. The summed E-state index contributed by atoms with van der Waals surface area (Å²) in [6, 6.07) is 77.8. The second kappa shape index (κ2) is 20.2. The van der Waals surface area contributed by atoms with E-state index in [1.165, 1.54) is 37.4 Å². The summed E-state index contributed by atoms with van der Waals surface area (Å²) in [7, 11) is -2.96. The Hall–Kier alpha value is -8.54. The minimum absolute atomic E-state index is 0. The zero-order valence-corrected chi connectivity index (χ0v) is 49.1. The molecule has 14 rings (SSSR count). The van der Waals surface area contributed by atoms with Crippen LogP contribution < -0.4 is 40.2 Å². The van der Waals surface area contributed by atoms with Gasteiger partial charge in [0.2, 0.25) is 0 Å². The summed E-state index contributed by atoms with van der Waals surface area (Å²) in [6.45, 7) is 15.3. The first kappa shape index (κ1) is 46.2. The fourth-order valence-electron chi connectivity index (χ4n) is 12.2. The number of hydrogen-bond acceptors (Lipinski definition) is 5. The van der Waals surface area contributed by atoms with Crippen LogP contribution in [0.4, 0.5) is 39.9 Å². The monoisotopic (exact) mass is 1250 g/mol. The molecule has 10 aromatic carbocycles. The first-order valence-corrected chi connectivity index (χ1v) is 29.3. The predicted molar refractivity (Wildman–Crippen MR) is 334 cm³/mol. The van der Waals surface area contributed by atoms with Crippen molar-refractivity contribution < 1.29 is 32.7 Å². The number of ether oxygens (including phenoxy) is 1. The van der Waals surface area contributed by atoms with E-state index in [9.17, 15) is 2.74 Å². The van der Waals surface area contributed by atoms with E-state index in [1.807, 2.05) is 79.6 Å². The Bertz CT molecular complexity index is 4450. The molecule has 1 aromatic heterocycles. The third-order valence-electron chi connectivity index (χ3n) is 16.0. The maximum atomic E-state index is 9.35. The fraction of sp³-hybridized carbons (Fsp3) is 0.108. The van der Waals surface area contributed by atoms with Gasteiger partial charge < -0.3 is 19.4 Å². The van der Waals surface area contributed by atoms with E-state index in [2.05, 4.69) is 208 Å². The molecular weight excluding hydrogens is 1180 g/mol. The molecule has 1 spiro atoms. The Labute approximate surface area is 499 Å². The van der Waals surface area contributed by atoms with Crippen LogP contribution in [-0.2, 0) is 31.9 Å². The molecule has 0 fully saturated rings. The van der Waals surface area contributed by atoms with Crippen molar-refractivity contribution in [2.45, 2.75) is 52.4 Å². The Morgan fingerprint density at radius 3 is 1.75 bits per heavy atom. The van der Waals surface area contributed by atoms with Crippen LogP contribution >= 0.6 is 0 Å². The fourth-order valence-corrected chi connectivity index (χ4v) is 17.7. The van der Waals surface area contributed by atoms with Crippen LogP contribution in [0, 0.1) is 18.8 Å². The quantitative estimate of drug-likeness (QED) is 0.112. The number of benzene rings is 10. The van der Waals surface area contributed by atoms with Crippen LogP contribution in [0.2, 0.25) is 0 Å². The third kappa shape index (κ3) is 8.75. The van der Waals surface area contributed by atoms with Gasteiger partial charge in [0.25, 0.3) is 0 Å². The van der Waals surface area contributed by atoms with Crippen LogP contribution in [0.15, 0.2) is 243 Å². The summed E-state index contributed by atoms with van der Waals surface area (Å²) in [4.78, 5) is 11.5. The summed E-state index contributed by atoms with van der Waals surface area (Å²) >= 11 is 0. The van der Waals surface area contributed by atoms with Gasteiger partial charge in [-0.25, -0.2) is 4.98 Å². The van der Waals surface area contributed by atoms with E-state index in [0.717, 1.165) is 56.4 Å². The maximum absolute atomic E-state index is 9.35. The molecule has 0 radical (unpaired) electrons. The van der Waals surface area contributed by atoms with Crippen LogP contribution in [0.3, 0.4) is 0 Å². The van der Waals surface area contributed by atoms with Crippen molar-refractivity contribution in [2.75, 3.05) is 14.7 Å². The van der Waals surface area contributed by atoms with E-state index in [1.54, 1.807) is 0 Å². The zero-order valence-electron chi connectivity index (χ0n) is 50.8. The van der Waals surface area contributed by atoms with Crippen molar-refractivity contribution in [3.05, 3.63) is 273 Å². The number of rotatable bonds is 8. The Balaban J connectivity index is 0.00000686. The Morgan fingerprint density at radius 1 is 0.469 bits per heavy atom. The number of para-hydroxylation sites is 4. The van der Waals surface area contributed by atoms with E-state index in [0.29, 0.717) is 28.4 Å². The van der Waals surface area contributed by atoms with Gasteiger partial charge >= 0.3 is 0 Å². The van der Waals surface area contributed by atoms with Crippen molar-refractivity contribution in [2.24, 2.45) is 0 Å². The number of hydrogen-bond donors (Lipinski definition) is 0. The van der Waals surface area contributed by atoms with E-state index >= 15 is 0 Å². The average Bonchev–Trinajstić information content (AvgIpc) is 1.43. The minimum Gasteiger partial charge on any atom is -0.509 e. The topological polar surface area (TPSA) is 31.8 Å². The molecule has 0 aliphatic carbocycles. The summed E-state index contributed by atoms with van der Waals surface area (Å²) in [5.74, 6) is 1.79. The maximum Gasteiger partial charge on any atom is 0.135 e. The number of pyridine rings is 1. The average molecular weight is 1250 g/mol. The SMILES string of the molecule is [2H]c1c([2H])c([2H])c(-c2cccc(-c3cc(-c4ccccc4)cc(C(C)(C)C)c3)c2N2[CH-]N(c3[c-]c(Oc4[c-]c5c(cc4)[Si]4(c6ccccc6-c6ccccc64)c4ccccc4N5c4cc(C(C)(C)C)ccn4)ccc3)c3ccccc32)c([2H])c1[2H].[Pt]. The molecule has 0 saturated carbocycles. The molecule has 0 N–H and O–H groups in total. The standard InChI is InChI=1S/C74H59N4OSi.Pt/c1-73(2,3)54-41-42-75-71(46-54)78-65-35-17-20-38-69(65)80(67-36-18-13-29-61(67)62-30-14-19-37-68(62)80)70-40-39-58(48-66(70)78)79-57-28-21-27-56(47-57)76-49-77(64-34-16-15-33-63(64)76)72-59(51-25-11-8-12-26-51)31-22-32-60(72)53-43-52(50-23-9-7-10-24-50)44-55(45-53)74(4,5)6;/h7-46,49H,1-6H3;/q-3;/i8D,11D,12D,25D,26D;. The number of anilines is 7. The minimum atomic E-state index is -2.96. The van der Waals surface area contributed by atoms with Crippen molar-refractivity contribution in [1.82, 2.24) is 4.98 Å². The van der Waals surface area contributed by atoms with Gasteiger partial charge in [-0.3, -0.25) is 0 Å². The molecule has 7 heteroatoms. The molecule has 3 aliphatic heterocycles. The predicted octanol–water partition coefficient (Wildman–Crippen LogP) is 16.6. The molecule has 5 nitrogen and oxygen atoms in total. The molecule has 0 unspecified atom stereocenters. The largest absolute Gasteiger partial charge is 0.509 e. The first-order chi connectivity index (χ1) is 41.0. The van der Waals surface area contributed by atoms with Gasteiger partial charge in [0.1, 0.15) is 13.9 Å². The number of aromatic nitrogens is 1. The van der Waals surface area contributed by atoms with Gasteiger partial charge in [-0.2, -0.15) is 12.1 Å². The number of fused-ring (bicyclic) bond motifs is 10. The van der Waals surface area contributed by atoms with Crippen LogP contribution in [-0.4, -0.2) is 13.1 Å². The second-order valence-electron chi connectivity index (χ2n) is 22.9. The molecule has 3 aliphatic rings. The van der Waals surface area contributed by atoms with Gasteiger partial charge in [0.05, 0.1) is 6.85 Å². The van der Waals surface area contributed by atoms with Crippen LogP contribution in [0.5, 0.6) is 11.5 Å². The smallest absolute Gasteiger partial charge is 0.135 e. The van der Waals surface area contributed by atoms with Gasteiger partial charge in [0, 0.05) is 72.6 Å². The van der Waals surface area contributed by atoms with Gasteiger partial charge in [-0.15, -0.1) is 47.9 Å². The van der Waals surface area contributed by atoms with Crippen molar-refractivity contribution in [1.29, 1.82) is 0 Å². The molecule has 0 bridgehead atoms. The molecule has 81 heavy (non-hydrogen) atoms. The van der Waals surface area contributed by atoms with E-state index in [-0.39, 0.29) is 49.5 Å². The molecule has 398 valence electrons. The van der Waals surface area contributed by atoms with E-state index < -0.39 is 26.2 Å². The van der Waals surface area contributed by atoms with Gasteiger partial charge in [-0.1, -0.05) is 217 Å². The molecular formula is C74H59N4OPtSi-3. The summed E-state index contributed by atoms with van der Waals surface area (Å²) in [5.41, 5.74) is 13.9. The molecule has 4 heterocycles. The molecule has 0 atom stereocenters. The molecule has 11 aromatic rings. The molecule has 0 saturated heterocycles. The van der Waals surface area contributed by atoms with Gasteiger partial charge in [0.15, 0.2) is 0 Å². The second-order valence-corrected chi connectivity index (χ2v) is 26.5.